The molecule has 0 radical (unpaired) electrons. The summed E-state index contributed by atoms with van der Waals surface area (Å²) in [6.07, 6.45) is 1.09. The highest BCUT2D eigenvalue weighted by atomic mass is 16.6. The van der Waals surface area contributed by atoms with Crippen LogP contribution in [0, 0.1) is 6.92 Å². The van der Waals surface area contributed by atoms with E-state index in [-0.39, 0.29) is 18.9 Å². The first-order valence-electron chi connectivity index (χ1n) is 11.7. The average Bonchev–Trinajstić information content (AvgIpc) is 3.27. The van der Waals surface area contributed by atoms with Gasteiger partial charge in [-0.2, -0.15) is 0 Å². The van der Waals surface area contributed by atoms with Gasteiger partial charge in [-0.1, -0.05) is 54.1 Å². The van der Waals surface area contributed by atoms with E-state index in [1.54, 1.807) is 20.8 Å². The zero-order valence-corrected chi connectivity index (χ0v) is 20.4. The molecule has 3 rings (SSSR count). The van der Waals surface area contributed by atoms with Crippen LogP contribution in [0.5, 0.6) is 0 Å². The molecule has 182 valence electrons. The molecule has 2 amide bonds. The summed E-state index contributed by atoms with van der Waals surface area (Å²) >= 11 is 0. The second-order valence-corrected chi connectivity index (χ2v) is 9.70. The van der Waals surface area contributed by atoms with Gasteiger partial charge in [-0.05, 0) is 57.2 Å². The second kappa shape index (κ2) is 11.2. The van der Waals surface area contributed by atoms with Gasteiger partial charge in [0, 0.05) is 13.1 Å². The van der Waals surface area contributed by atoms with Crippen molar-refractivity contribution in [2.45, 2.75) is 71.8 Å². The summed E-state index contributed by atoms with van der Waals surface area (Å²) < 4.78 is 10.9. The van der Waals surface area contributed by atoms with Crippen LogP contribution >= 0.6 is 0 Å². The number of carbonyl (C=O) groups excluding carboxylic acids is 3. The van der Waals surface area contributed by atoms with E-state index in [0.717, 1.165) is 23.1 Å². The molecule has 0 unspecified atom stereocenters. The maximum absolute atomic E-state index is 12.6. The first kappa shape index (κ1) is 25.3. The Morgan fingerprint density at radius 3 is 2.24 bits per heavy atom. The minimum atomic E-state index is -0.619. The third kappa shape index (κ3) is 7.61. The number of aryl methyl sites for hydroxylation is 1. The summed E-state index contributed by atoms with van der Waals surface area (Å²) in [5, 5.41) is 2.93. The zero-order valence-electron chi connectivity index (χ0n) is 20.4. The van der Waals surface area contributed by atoms with Crippen molar-refractivity contribution in [2.24, 2.45) is 0 Å². The van der Waals surface area contributed by atoms with Crippen LogP contribution in [-0.2, 0) is 38.6 Å². The predicted molar refractivity (Wildman–Crippen MR) is 129 cm³/mol. The van der Waals surface area contributed by atoms with Crippen LogP contribution in [0.2, 0.25) is 0 Å². The summed E-state index contributed by atoms with van der Waals surface area (Å²) in [6.45, 7) is 8.50. The van der Waals surface area contributed by atoms with Gasteiger partial charge in [0.1, 0.15) is 18.2 Å². The number of benzene rings is 2. The van der Waals surface area contributed by atoms with E-state index in [1.165, 1.54) is 10.5 Å². The molecule has 2 aromatic rings. The summed E-state index contributed by atoms with van der Waals surface area (Å²) in [7, 11) is 0. The number of likely N-dealkylation sites (tertiary alicyclic amines) is 1. The number of ether oxygens (including phenoxy) is 2. The van der Waals surface area contributed by atoms with E-state index in [4.69, 9.17) is 9.47 Å². The normalized spacial score (nSPS) is 15.6. The molecule has 7 nitrogen and oxygen atoms in total. The Labute approximate surface area is 201 Å². The third-order valence-corrected chi connectivity index (χ3v) is 5.53. The van der Waals surface area contributed by atoms with Crippen molar-refractivity contribution < 1.29 is 23.9 Å². The van der Waals surface area contributed by atoms with Crippen LogP contribution in [0.25, 0.3) is 0 Å². The van der Waals surface area contributed by atoms with E-state index in [2.05, 4.69) is 5.32 Å². The fourth-order valence-electron chi connectivity index (χ4n) is 3.71. The van der Waals surface area contributed by atoms with Gasteiger partial charge < -0.3 is 14.8 Å². The quantitative estimate of drug-likeness (QED) is 0.615. The van der Waals surface area contributed by atoms with Gasteiger partial charge in [0.05, 0.1) is 6.42 Å². The van der Waals surface area contributed by atoms with E-state index >= 15 is 0 Å². The molecule has 7 heteroatoms. The van der Waals surface area contributed by atoms with Crippen LogP contribution in [0.3, 0.4) is 0 Å². The number of nitrogens with zero attached hydrogens (tertiary/aromatic N) is 1. The van der Waals surface area contributed by atoms with Crippen molar-refractivity contribution in [3.8, 4) is 0 Å². The number of rotatable bonds is 7. The lowest BCUT2D eigenvalue weighted by molar-refractivity contribution is -0.150. The first-order chi connectivity index (χ1) is 16.1. The van der Waals surface area contributed by atoms with Gasteiger partial charge >= 0.3 is 12.1 Å². The first-order valence-corrected chi connectivity index (χ1v) is 11.7. The Morgan fingerprint density at radius 2 is 1.59 bits per heavy atom. The smallest absolute Gasteiger partial charge is 0.411 e. The zero-order chi connectivity index (χ0) is 24.7. The molecule has 1 aliphatic heterocycles. The Balaban J connectivity index is 1.45. The van der Waals surface area contributed by atoms with Gasteiger partial charge in [0.15, 0.2) is 0 Å². The molecule has 0 bridgehead atoms. The highest BCUT2D eigenvalue weighted by Gasteiger charge is 2.37. The van der Waals surface area contributed by atoms with Crippen molar-refractivity contribution in [1.29, 1.82) is 0 Å². The number of hydrogen-bond acceptors (Lipinski definition) is 5. The lowest BCUT2D eigenvalue weighted by Crippen LogP contribution is -2.44. The van der Waals surface area contributed by atoms with Crippen LogP contribution < -0.4 is 5.32 Å². The average molecular weight is 467 g/mol. The molecular formula is C27H34N2O5. The van der Waals surface area contributed by atoms with E-state index in [1.807, 2.05) is 55.5 Å². The van der Waals surface area contributed by atoms with Crippen molar-refractivity contribution in [3.05, 3.63) is 70.8 Å². The minimum Gasteiger partial charge on any atom is -0.459 e. The fourth-order valence-corrected chi connectivity index (χ4v) is 3.71. The lowest BCUT2D eigenvalue weighted by Gasteiger charge is -2.27. The standard InChI is InChI=1S/C27H34N2O5/c1-19-7-9-21(10-8-19)17-28-24(30)16-20-11-13-22(14-12-20)18-33-25(31)23-6-5-15-29(23)26(32)34-27(2,3)4/h7-14,23H,5-6,15-18H2,1-4H3,(H,28,30)/t23-/m0/s1. The van der Waals surface area contributed by atoms with Crippen molar-refractivity contribution >= 4 is 18.0 Å². The molecule has 0 aliphatic carbocycles. The summed E-state index contributed by atoms with van der Waals surface area (Å²) in [6, 6.07) is 14.8. The molecular weight excluding hydrogens is 432 g/mol. The lowest BCUT2D eigenvalue weighted by atomic mass is 10.1. The second-order valence-electron chi connectivity index (χ2n) is 9.70. The SMILES string of the molecule is Cc1ccc(CNC(=O)Cc2ccc(COC(=O)[C@@H]3CCCN3C(=O)OC(C)(C)C)cc2)cc1. The highest BCUT2D eigenvalue weighted by molar-refractivity contribution is 5.82. The van der Waals surface area contributed by atoms with Crippen LogP contribution in [0.4, 0.5) is 4.79 Å². The number of nitrogens with one attached hydrogen (secondary N) is 1. The van der Waals surface area contributed by atoms with Gasteiger partial charge in [-0.25, -0.2) is 9.59 Å². The molecule has 34 heavy (non-hydrogen) atoms. The molecule has 0 spiro atoms. The molecule has 1 N–H and O–H groups in total. The Kier molecular flexibility index (Phi) is 8.31. The minimum absolute atomic E-state index is 0.0526. The number of hydrogen-bond donors (Lipinski definition) is 1. The Bertz CT molecular complexity index is 993. The maximum Gasteiger partial charge on any atom is 0.411 e. The molecule has 1 saturated heterocycles. The van der Waals surface area contributed by atoms with Crippen LogP contribution in [0.15, 0.2) is 48.5 Å². The number of amides is 2. The van der Waals surface area contributed by atoms with Crippen molar-refractivity contribution in [2.75, 3.05) is 6.54 Å². The van der Waals surface area contributed by atoms with E-state index in [9.17, 15) is 14.4 Å². The van der Waals surface area contributed by atoms with Gasteiger partial charge in [-0.3, -0.25) is 9.69 Å². The summed E-state index contributed by atoms with van der Waals surface area (Å²) in [5.74, 6) is -0.480. The molecule has 1 heterocycles. The fraction of sp³-hybridized carbons (Fsp3) is 0.444. The number of carbonyl (C=O) groups is 3. The molecule has 0 saturated carbocycles. The van der Waals surface area contributed by atoms with Gasteiger partial charge in [0.25, 0.3) is 0 Å². The molecule has 1 aliphatic rings. The van der Waals surface area contributed by atoms with Gasteiger partial charge in [0.2, 0.25) is 5.91 Å². The van der Waals surface area contributed by atoms with Crippen molar-refractivity contribution in [3.63, 3.8) is 0 Å². The molecule has 0 aromatic heterocycles. The molecule has 1 fully saturated rings. The number of esters is 1. The highest BCUT2D eigenvalue weighted by Crippen LogP contribution is 2.22. The van der Waals surface area contributed by atoms with E-state index in [0.29, 0.717) is 19.5 Å². The molecule has 1 atom stereocenters. The summed E-state index contributed by atoms with van der Waals surface area (Å²) in [5.41, 5.74) is 3.32. The monoisotopic (exact) mass is 466 g/mol. The maximum atomic E-state index is 12.6. The third-order valence-electron chi connectivity index (χ3n) is 5.53. The molecule has 2 aromatic carbocycles. The van der Waals surface area contributed by atoms with Crippen molar-refractivity contribution in [1.82, 2.24) is 10.2 Å². The Hall–Kier alpha value is -3.35. The predicted octanol–water partition coefficient (Wildman–Crippen LogP) is 4.30. The summed E-state index contributed by atoms with van der Waals surface area (Å²) in [4.78, 5) is 38.7. The van der Waals surface area contributed by atoms with Gasteiger partial charge in [-0.15, -0.1) is 0 Å². The van der Waals surface area contributed by atoms with Crippen LogP contribution in [-0.4, -0.2) is 41.1 Å². The largest absolute Gasteiger partial charge is 0.459 e. The van der Waals surface area contributed by atoms with E-state index < -0.39 is 23.7 Å². The Morgan fingerprint density at radius 1 is 0.971 bits per heavy atom. The topological polar surface area (TPSA) is 84.9 Å². The van der Waals surface area contributed by atoms with Crippen LogP contribution in [0.1, 0.15) is 55.9 Å².